The number of piperidine rings is 1. The molecule has 3 nitrogen and oxygen atoms in total. The summed E-state index contributed by atoms with van der Waals surface area (Å²) in [5.74, 6) is 0.219. The van der Waals surface area contributed by atoms with Crippen LogP contribution in [0, 0.1) is 0 Å². The summed E-state index contributed by atoms with van der Waals surface area (Å²) in [6.07, 6.45) is 6.60. The number of nitrogens with one attached hydrogen (secondary N) is 2. The van der Waals surface area contributed by atoms with Gasteiger partial charge in [-0.2, -0.15) is 0 Å². The van der Waals surface area contributed by atoms with E-state index in [0.717, 1.165) is 36.3 Å². The number of amides is 1. The summed E-state index contributed by atoms with van der Waals surface area (Å²) < 4.78 is 0. The molecular weight excluding hydrogens is 284 g/mol. The first-order valence-corrected chi connectivity index (χ1v) is 8.37. The molecule has 3 aliphatic rings. The first-order valence-electron chi connectivity index (χ1n) is 7.99. The first-order chi connectivity index (χ1) is 10.2. The van der Waals surface area contributed by atoms with Gasteiger partial charge in [-0.3, -0.25) is 4.79 Å². The Morgan fingerprint density at radius 2 is 1.76 bits per heavy atom. The third-order valence-corrected chi connectivity index (χ3v) is 5.64. The third-order valence-electron chi connectivity index (χ3n) is 5.39. The van der Waals surface area contributed by atoms with Crippen LogP contribution in [0.4, 0.5) is 0 Å². The lowest BCUT2D eigenvalue weighted by Gasteiger charge is -2.31. The maximum absolute atomic E-state index is 12.8. The van der Waals surface area contributed by atoms with Gasteiger partial charge in [0.05, 0.1) is 5.41 Å². The van der Waals surface area contributed by atoms with Crippen molar-refractivity contribution in [3.63, 3.8) is 0 Å². The van der Waals surface area contributed by atoms with E-state index in [1.807, 2.05) is 24.3 Å². The van der Waals surface area contributed by atoms with E-state index >= 15 is 0 Å². The maximum atomic E-state index is 12.8. The molecule has 2 atom stereocenters. The second-order valence-electron chi connectivity index (χ2n) is 6.87. The summed E-state index contributed by atoms with van der Waals surface area (Å²) in [6.45, 7) is 0. The molecule has 2 heterocycles. The van der Waals surface area contributed by atoms with Crippen molar-refractivity contribution < 1.29 is 4.79 Å². The van der Waals surface area contributed by atoms with Crippen LogP contribution < -0.4 is 10.6 Å². The predicted molar refractivity (Wildman–Crippen MR) is 83.5 cm³/mol. The number of hydrogen-bond acceptors (Lipinski definition) is 2. The molecule has 1 aromatic carbocycles. The lowest BCUT2D eigenvalue weighted by Crippen LogP contribution is -2.50. The van der Waals surface area contributed by atoms with Gasteiger partial charge in [-0.25, -0.2) is 0 Å². The SMILES string of the molecule is O=C(NC1CC2CCC(C1)N2)C1(c2ccc(Cl)cc2)CC1. The van der Waals surface area contributed by atoms with Gasteiger partial charge in [0.15, 0.2) is 0 Å². The fourth-order valence-corrected chi connectivity index (χ4v) is 4.17. The number of hydrogen-bond donors (Lipinski definition) is 2. The zero-order chi connectivity index (χ0) is 14.4. The molecule has 2 aliphatic heterocycles. The number of benzene rings is 1. The van der Waals surface area contributed by atoms with Crippen LogP contribution in [-0.2, 0) is 10.2 Å². The summed E-state index contributed by atoms with van der Waals surface area (Å²) >= 11 is 5.95. The molecule has 0 spiro atoms. The van der Waals surface area contributed by atoms with Crippen molar-refractivity contribution in [1.29, 1.82) is 0 Å². The lowest BCUT2D eigenvalue weighted by atomic mass is 9.93. The van der Waals surface area contributed by atoms with Gasteiger partial charge in [0.1, 0.15) is 0 Å². The summed E-state index contributed by atoms with van der Waals surface area (Å²) in [5.41, 5.74) is 0.829. The van der Waals surface area contributed by atoms with E-state index < -0.39 is 0 Å². The minimum absolute atomic E-state index is 0.219. The Morgan fingerprint density at radius 3 is 2.33 bits per heavy atom. The highest BCUT2D eigenvalue weighted by Crippen LogP contribution is 2.48. The van der Waals surface area contributed by atoms with E-state index in [0.29, 0.717) is 18.1 Å². The molecule has 2 N–H and O–H groups in total. The van der Waals surface area contributed by atoms with Crippen LogP contribution in [-0.4, -0.2) is 24.0 Å². The molecule has 2 unspecified atom stereocenters. The Morgan fingerprint density at radius 1 is 1.14 bits per heavy atom. The highest BCUT2D eigenvalue weighted by molar-refractivity contribution is 6.30. The second kappa shape index (κ2) is 4.99. The van der Waals surface area contributed by atoms with Crippen molar-refractivity contribution in [3.8, 4) is 0 Å². The standard InChI is InChI=1S/C17H21ClN2O/c18-12-3-1-11(2-4-12)17(7-8-17)16(21)20-15-9-13-5-6-14(10-15)19-13/h1-4,13-15,19H,5-10H2,(H,20,21). The number of fused-ring (bicyclic) bond motifs is 2. The second-order valence-corrected chi connectivity index (χ2v) is 7.31. The average Bonchev–Trinajstić information content (AvgIpc) is 3.21. The average molecular weight is 305 g/mol. The fraction of sp³-hybridized carbons (Fsp3) is 0.588. The number of carbonyl (C=O) groups excluding carboxylic acids is 1. The highest BCUT2D eigenvalue weighted by Gasteiger charge is 2.52. The number of rotatable bonds is 3. The molecule has 21 heavy (non-hydrogen) atoms. The minimum atomic E-state index is -0.283. The van der Waals surface area contributed by atoms with Gasteiger partial charge in [-0.1, -0.05) is 23.7 Å². The van der Waals surface area contributed by atoms with Crippen LogP contribution in [0.25, 0.3) is 0 Å². The molecule has 1 amide bonds. The molecule has 0 aromatic heterocycles. The lowest BCUT2D eigenvalue weighted by molar-refractivity contribution is -0.124. The Labute approximate surface area is 130 Å². The zero-order valence-electron chi connectivity index (χ0n) is 12.1. The van der Waals surface area contributed by atoms with Crippen molar-refractivity contribution in [3.05, 3.63) is 34.9 Å². The zero-order valence-corrected chi connectivity index (χ0v) is 12.8. The Bertz CT molecular complexity index is 540. The van der Waals surface area contributed by atoms with E-state index in [4.69, 9.17) is 11.6 Å². The van der Waals surface area contributed by atoms with E-state index in [1.165, 1.54) is 12.8 Å². The van der Waals surface area contributed by atoms with Gasteiger partial charge in [-0.15, -0.1) is 0 Å². The van der Waals surface area contributed by atoms with Crippen molar-refractivity contribution >= 4 is 17.5 Å². The molecule has 4 heteroatoms. The first kappa shape index (κ1) is 13.6. The number of halogens is 1. The fourth-order valence-electron chi connectivity index (χ4n) is 4.04. The molecule has 1 aliphatic carbocycles. The van der Waals surface area contributed by atoms with E-state index in [1.54, 1.807) is 0 Å². The molecular formula is C17H21ClN2O. The van der Waals surface area contributed by atoms with Crippen molar-refractivity contribution in [2.45, 2.75) is 62.1 Å². The van der Waals surface area contributed by atoms with Gasteiger partial charge >= 0.3 is 0 Å². The van der Waals surface area contributed by atoms with Gasteiger partial charge in [-0.05, 0) is 56.2 Å². The van der Waals surface area contributed by atoms with Crippen molar-refractivity contribution in [2.24, 2.45) is 0 Å². The molecule has 112 valence electrons. The quantitative estimate of drug-likeness (QED) is 0.901. The predicted octanol–water partition coefficient (Wildman–Crippen LogP) is 2.77. The highest BCUT2D eigenvalue weighted by atomic mass is 35.5. The Kier molecular flexibility index (Phi) is 3.23. The van der Waals surface area contributed by atoms with Crippen molar-refractivity contribution in [2.75, 3.05) is 0 Å². The largest absolute Gasteiger partial charge is 0.352 e. The van der Waals surface area contributed by atoms with Crippen LogP contribution >= 0.6 is 11.6 Å². The number of carbonyl (C=O) groups is 1. The van der Waals surface area contributed by atoms with E-state index in [-0.39, 0.29) is 11.3 Å². The molecule has 4 rings (SSSR count). The Balaban J connectivity index is 1.46. The molecule has 3 fully saturated rings. The summed E-state index contributed by atoms with van der Waals surface area (Å²) in [7, 11) is 0. The van der Waals surface area contributed by atoms with Crippen LogP contribution in [0.3, 0.4) is 0 Å². The van der Waals surface area contributed by atoms with Gasteiger partial charge in [0, 0.05) is 23.1 Å². The van der Waals surface area contributed by atoms with Crippen LogP contribution in [0.1, 0.15) is 44.1 Å². The van der Waals surface area contributed by atoms with Gasteiger partial charge < -0.3 is 10.6 Å². The third kappa shape index (κ3) is 2.47. The summed E-state index contributed by atoms with van der Waals surface area (Å²) in [6, 6.07) is 9.34. The minimum Gasteiger partial charge on any atom is -0.352 e. The molecule has 2 saturated heterocycles. The molecule has 1 aromatic rings. The smallest absolute Gasteiger partial charge is 0.230 e. The summed E-state index contributed by atoms with van der Waals surface area (Å²) in [4.78, 5) is 12.8. The molecule has 2 bridgehead atoms. The van der Waals surface area contributed by atoms with Gasteiger partial charge in [0.25, 0.3) is 0 Å². The normalized spacial score (nSPS) is 32.7. The van der Waals surface area contributed by atoms with Crippen LogP contribution in [0.2, 0.25) is 5.02 Å². The Hall–Kier alpha value is -1.06. The topological polar surface area (TPSA) is 41.1 Å². The maximum Gasteiger partial charge on any atom is 0.230 e. The monoisotopic (exact) mass is 304 g/mol. The van der Waals surface area contributed by atoms with E-state index in [9.17, 15) is 4.79 Å². The van der Waals surface area contributed by atoms with Gasteiger partial charge in [0.2, 0.25) is 5.91 Å². The molecule has 1 saturated carbocycles. The van der Waals surface area contributed by atoms with Crippen LogP contribution in [0.15, 0.2) is 24.3 Å². The van der Waals surface area contributed by atoms with E-state index in [2.05, 4.69) is 10.6 Å². The van der Waals surface area contributed by atoms with Crippen molar-refractivity contribution in [1.82, 2.24) is 10.6 Å². The summed E-state index contributed by atoms with van der Waals surface area (Å²) in [5, 5.41) is 7.67. The van der Waals surface area contributed by atoms with Crippen LogP contribution in [0.5, 0.6) is 0 Å². The molecule has 0 radical (unpaired) electrons.